The average molecular weight is 241 g/mol. The molecule has 18 heavy (non-hydrogen) atoms. The second-order valence-electron chi connectivity index (χ2n) is 4.97. The van der Waals surface area contributed by atoms with E-state index in [4.69, 9.17) is 4.74 Å². The predicted molar refractivity (Wildman–Crippen MR) is 75.2 cm³/mol. The summed E-state index contributed by atoms with van der Waals surface area (Å²) in [6, 6.07) is 13.5. The van der Waals surface area contributed by atoms with Gasteiger partial charge in [0.25, 0.3) is 0 Å². The molecule has 2 aromatic carbocycles. The van der Waals surface area contributed by atoms with Gasteiger partial charge in [0.1, 0.15) is 5.75 Å². The van der Waals surface area contributed by atoms with Gasteiger partial charge in [-0.15, -0.1) is 0 Å². The summed E-state index contributed by atoms with van der Waals surface area (Å²) < 4.78 is 5.44. The van der Waals surface area contributed by atoms with E-state index in [2.05, 4.69) is 41.7 Å². The highest BCUT2D eigenvalue weighted by Gasteiger charge is 2.16. The Hall–Kier alpha value is -1.54. The van der Waals surface area contributed by atoms with Crippen molar-refractivity contribution in [2.45, 2.75) is 25.3 Å². The molecule has 1 heterocycles. The SMILES string of the molecule is COc1ccc(CC2CCCN2)c2ccccc12. The Morgan fingerprint density at radius 2 is 2.00 bits per heavy atom. The van der Waals surface area contributed by atoms with Gasteiger partial charge in [0, 0.05) is 11.4 Å². The van der Waals surface area contributed by atoms with Gasteiger partial charge < -0.3 is 10.1 Å². The number of methoxy groups -OCH3 is 1. The van der Waals surface area contributed by atoms with Crippen molar-refractivity contribution in [1.82, 2.24) is 5.32 Å². The average Bonchev–Trinajstić information content (AvgIpc) is 2.92. The van der Waals surface area contributed by atoms with E-state index in [1.807, 2.05) is 0 Å². The Bertz CT molecular complexity index is 544. The Morgan fingerprint density at radius 3 is 2.72 bits per heavy atom. The van der Waals surface area contributed by atoms with Crippen molar-refractivity contribution >= 4 is 10.8 Å². The van der Waals surface area contributed by atoms with E-state index >= 15 is 0 Å². The molecule has 0 saturated carbocycles. The van der Waals surface area contributed by atoms with Gasteiger partial charge in [-0.2, -0.15) is 0 Å². The molecule has 0 aliphatic carbocycles. The van der Waals surface area contributed by atoms with E-state index in [0.717, 1.165) is 12.2 Å². The fraction of sp³-hybridized carbons (Fsp3) is 0.375. The Morgan fingerprint density at radius 1 is 1.17 bits per heavy atom. The first-order valence-corrected chi connectivity index (χ1v) is 6.66. The standard InChI is InChI=1S/C16H19NO/c1-18-16-9-8-12(11-13-5-4-10-17-13)14-6-2-3-7-15(14)16/h2-3,6-9,13,17H,4-5,10-11H2,1H3. The van der Waals surface area contributed by atoms with Crippen LogP contribution in [0, 0.1) is 0 Å². The first-order chi connectivity index (χ1) is 8.88. The van der Waals surface area contributed by atoms with Crippen molar-refractivity contribution < 1.29 is 4.74 Å². The summed E-state index contributed by atoms with van der Waals surface area (Å²) in [4.78, 5) is 0. The maximum absolute atomic E-state index is 5.44. The summed E-state index contributed by atoms with van der Waals surface area (Å²) in [6.45, 7) is 1.17. The molecule has 0 spiro atoms. The van der Waals surface area contributed by atoms with Gasteiger partial charge in [-0.05, 0) is 42.8 Å². The molecule has 2 aromatic rings. The lowest BCUT2D eigenvalue weighted by Crippen LogP contribution is -2.23. The highest BCUT2D eigenvalue weighted by Crippen LogP contribution is 2.29. The third kappa shape index (κ3) is 2.08. The molecule has 1 N–H and O–H groups in total. The smallest absolute Gasteiger partial charge is 0.126 e. The van der Waals surface area contributed by atoms with Crippen molar-refractivity contribution in [3.8, 4) is 5.75 Å². The molecular formula is C16H19NO. The molecule has 2 nitrogen and oxygen atoms in total. The maximum Gasteiger partial charge on any atom is 0.126 e. The largest absolute Gasteiger partial charge is 0.496 e. The first-order valence-electron chi connectivity index (χ1n) is 6.66. The van der Waals surface area contributed by atoms with E-state index in [1.165, 1.54) is 35.7 Å². The van der Waals surface area contributed by atoms with Crippen molar-refractivity contribution in [2.75, 3.05) is 13.7 Å². The quantitative estimate of drug-likeness (QED) is 0.891. The fourth-order valence-corrected chi connectivity index (χ4v) is 2.89. The molecule has 1 atom stereocenters. The highest BCUT2D eigenvalue weighted by molar-refractivity contribution is 5.91. The molecule has 1 unspecified atom stereocenters. The van der Waals surface area contributed by atoms with E-state index in [9.17, 15) is 0 Å². The summed E-state index contributed by atoms with van der Waals surface area (Å²) in [5.41, 5.74) is 1.42. The van der Waals surface area contributed by atoms with Crippen LogP contribution in [0.4, 0.5) is 0 Å². The lowest BCUT2D eigenvalue weighted by Gasteiger charge is -2.14. The van der Waals surface area contributed by atoms with Crippen LogP contribution < -0.4 is 10.1 Å². The number of hydrogen-bond acceptors (Lipinski definition) is 2. The Kier molecular flexibility index (Phi) is 3.20. The minimum Gasteiger partial charge on any atom is -0.496 e. The molecule has 0 amide bonds. The van der Waals surface area contributed by atoms with Gasteiger partial charge in [0.2, 0.25) is 0 Å². The second kappa shape index (κ2) is 4.99. The number of nitrogens with one attached hydrogen (secondary N) is 1. The molecule has 3 rings (SSSR count). The van der Waals surface area contributed by atoms with E-state index in [0.29, 0.717) is 6.04 Å². The lowest BCUT2D eigenvalue weighted by molar-refractivity contribution is 0.419. The third-order valence-corrected chi connectivity index (χ3v) is 3.82. The van der Waals surface area contributed by atoms with Crippen LogP contribution in [0.2, 0.25) is 0 Å². The van der Waals surface area contributed by atoms with Crippen molar-refractivity contribution in [1.29, 1.82) is 0 Å². The molecule has 1 aliphatic rings. The normalized spacial score (nSPS) is 19.3. The highest BCUT2D eigenvalue weighted by atomic mass is 16.5. The van der Waals surface area contributed by atoms with Gasteiger partial charge >= 0.3 is 0 Å². The number of hydrogen-bond donors (Lipinski definition) is 1. The maximum atomic E-state index is 5.44. The molecule has 1 aliphatic heterocycles. The van der Waals surface area contributed by atoms with Gasteiger partial charge in [-0.1, -0.05) is 30.3 Å². The Balaban J connectivity index is 2.01. The number of benzene rings is 2. The van der Waals surface area contributed by atoms with Crippen LogP contribution in [0.3, 0.4) is 0 Å². The summed E-state index contributed by atoms with van der Waals surface area (Å²) >= 11 is 0. The van der Waals surface area contributed by atoms with Gasteiger partial charge in [0.15, 0.2) is 0 Å². The zero-order valence-corrected chi connectivity index (χ0v) is 10.8. The van der Waals surface area contributed by atoms with Crippen LogP contribution in [0.5, 0.6) is 5.75 Å². The summed E-state index contributed by atoms with van der Waals surface area (Å²) in [5, 5.41) is 6.11. The van der Waals surface area contributed by atoms with Crippen molar-refractivity contribution in [3.63, 3.8) is 0 Å². The van der Waals surface area contributed by atoms with Gasteiger partial charge in [-0.3, -0.25) is 0 Å². The molecule has 0 radical (unpaired) electrons. The minimum atomic E-state index is 0.641. The monoisotopic (exact) mass is 241 g/mol. The predicted octanol–water partition coefficient (Wildman–Crippen LogP) is 3.14. The topological polar surface area (TPSA) is 21.3 Å². The minimum absolute atomic E-state index is 0.641. The molecule has 94 valence electrons. The molecule has 1 saturated heterocycles. The molecular weight excluding hydrogens is 222 g/mol. The van der Waals surface area contributed by atoms with E-state index in [-0.39, 0.29) is 0 Å². The number of fused-ring (bicyclic) bond motifs is 1. The summed E-state index contributed by atoms with van der Waals surface area (Å²) in [7, 11) is 1.74. The summed E-state index contributed by atoms with van der Waals surface area (Å²) in [5.74, 6) is 0.966. The van der Waals surface area contributed by atoms with Crippen LogP contribution in [-0.4, -0.2) is 19.7 Å². The van der Waals surface area contributed by atoms with Crippen molar-refractivity contribution in [3.05, 3.63) is 42.0 Å². The summed E-state index contributed by atoms with van der Waals surface area (Å²) in [6.07, 6.45) is 3.71. The zero-order chi connectivity index (χ0) is 12.4. The fourth-order valence-electron chi connectivity index (χ4n) is 2.89. The van der Waals surface area contributed by atoms with Crippen LogP contribution in [0.15, 0.2) is 36.4 Å². The number of ether oxygens (including phenoxy) is 1. The molecule has 1 fully saturated rings. The molecule has 0 bridgehead atoms. The van der Waals surface area contributed by atoms with Crippen molar-refractivity contribution in [2.24, 2.45) is 0 Å². The van der Waals surface area contributed by atoms with Gasteiger partial charge in [0.05, 0.1) is 7.11 Å². The second-order valence-corrected chi connectivity index (χ2v) is 4.97. The Labute approximate surface area is 108 Å². The van der Waals surface area contributed by atoms with E-state index < -0.39 is 0 Å². The molecule has 2 heteroatoms. The van der Waals surface area contributed by atoms with Crippen LogP contribution in [0.1, 0.15) is 18.4 Å². The third-order valence-electron chi connectivity index (χ3n) is 3.82. The number of rotatable bonds is 3. The van der Waals surface area contributed by atoms with Gasteiger partial charge in [-0.25, -0.2) is 0 Å². The van der Waals surface area contributed by atoms with Crippen LogP contribution >= 0.6 is 0 Å². The van der Waals surface area contributed by atoms with E-state index in [1.54, 1.807) is 7.11 Å². The first kappa shape index (κ1) is 11.5. The zero-order valence-electron chi connectivity index (χ0n) is 10.8. The van der Waals surface area contributed by atoms with Crippen LogP contribution in [0.25, 0.3) is 10.8 Å². The lowest BCUT2D eigenvalue weighted by atomic mass is 9.97. The molecule has 0 aromatic heterocycles. The van der Waals surface area contributed by atoms with Crippen LogP contribution in [-0.2, 0) is 6.42 Å².